The van der Waals surface area contributed by atoms with Crippen LogP contribution in [0.2, 0.25) is 0 Å². The summed E-state index contributed by atoms with van der Waals surface area (Å²) in [5.41, 5.74) is 2.21. The molecule has 0 saturated carbocycles. The molecule has 1 unspecified atom stereocenters. The first-order valence-electron chi connectivity index (χ1n) is 7.54. The molecule has 21 heavy (non-hydrogen) atoms. The van der Waals surface area contributed by atoms with Gasteiger partial charge in [0.05, 0.1) is 6.54 Å². The van der Waals surface area contributed by atoms with Crippen molar-refractivity contribution in [2.75, 3.05) is 20.1 Å². The minimum absolute atomic E-state index is 0.574. The molecule has 0 spiro atoms. The Balaban J connectivity index is 1.69. The molecule has 2 aromatic rings. The van der Waals surface area contributed by atoms with Crippen molar-refractivity contribution in [3.05, 3.63) is 35.7 Å². The van der Waals surface area contributed by atoms with E-state index < -0.39 is 0 Å². The number of likely N-dealkylation sites (tertiary alicyclic amines) is 1. The highest BCUT2D eigenvalue weighted by Crippen LogP contribution is 2.22. The predicted molar refractivity (Wildman–Crippen MR) is 81.8 cm³/mol. The molecule has 5 heteroatoms. The summed E-state index contributed by atoms with van der Waals surface area (Å²) >= 11 is 0. The van der Waals surface area contributed by atoms with Crippen LogP contribution in [0.5, 0.6) is 0 Å². The number of benzene rings is 1. The van der Waals surface area contributed by atoms with Crippen molar-refractivity contribution in [3.8, 4) is 11.5 Å². The topological polar surface area (TPSA) is 54.2 Å². The van der Waals surface area contributed by atoms with Crippen molar-refractivity contribution in [1.29, 1.82) is 0 Å². The summed E-state index contributed by atoms with van der Waals surface area (Å²) in [6, 6.07) is 8.73. The molecule has 5 nitrogen and oxygen atoms in total. The largest absolute Gasteiger partial charge is 0.419 e. The van der Waals surface area contributed by atoms with E-state index in [1.54, 1.807) is 0 Å². The van der Waals surface area contributed by atoms with Gasteiger partial charge in [0, 0.05) is 18.2 Å². The van der Waals surface area contributed by atoms with E-state index in [1.165, 1.54) is 18.4 Å². The highest BCUT2D eigenvalue weighted by atomic mass is 16.4. The van der Waals surface area contributed by atoms with E-state index in [0.29, 0.717) is 17.8 Å². The van der Waals surface area contributed by atoms with Crippen molar-refractivity contribution in [3.63, 3.8) is 0 Å². The minimum Gasteiger partial charge on any atom is -0.419 e. The molecule has 1 fully saturated rings. The summed E-state index contributed by atoms with van der Waals surface area (Å²) in [6.07, 6.45) is 2.48. The Hall–Kier alpha value is -1.72. The third-order valence-electron chi connectivity index (χ3n) is 4.04. The molecule has 1 atom stereocenters. The number of hydrogen-bond donors (Lipinski definition) is 1. The van der Waals surface area contributed by atoms with Gasteiger partial charge in [0.15, 0.2) is 0 Å². The van der Waals surface area contributed by atoms with Crippen molar-refractivity contribution in [2.45, 2.75) is 32.4 Å². The zero-order chi connectivity index (χ0) is 14.7. The maximum atomic E-state index is 5.81. The van der Waals surface area contributed by atoms with Gasteiger partial charge < -0.3 is 9.73 Å². The first-order valence-corrected chi connectivity index (χ1v) is 7.54. The van der Waals surface area contributed by atoms with Crippen LogP contribution < -0.4 is 5.32 Å². The smallest absolute Gasteiger partial charge is 0.247 e. The molecule has 0 radical (unpaired) electrons. The van der Waals surface area contributed by atoms with Crippen LogP contribution in [0.1, 0.15) is 24.3 Å². The van der Waals surface area contributed by atoms with Gasteiger partial charge in [-0.1, -0.05) is 17.7 Å². The van der Waals surface area contributed by atoms with Gasteiger partial charge in [0.2, 0.25) is 11.8 Å². The molecule has 112 valence electrons. The molecule has 1 aliphatic rings. The van der Waals surface area contributed by atoms with E-state index in [2.05, 4.69) is 39.5 Å². The molecular weight excluding hydrogens is 264 g/mol. The summed E-state index contributed by atoms with van der Waals surface area (Å²) in [6.45, 7) is 4.93. The summed E-state index contributed by atoms with van der Waals surface area (Å²) in [7, 11) is 2.00. The average molecular weight is 286 g/mol. The molecular formula is C16H22N4O. The molecule has 2 heterocycles. The number of nitrogens with one attached hydrogen (secondary N) is 1. The fraction of sp³-hybridized carbons (Fsp3) is 0.500. The third kappa shape index (κ3) is 3.31. The fourth-order valence-corrected chi connectivity index (χ4v) is 2.87. The van der Waals surface area contributed by atoms with Crippen LogP contribution in [-0.2, 0) is 6.54 Å². The maximum absolute atomic E-state index is 5.81. The quantitative estimate of drug-likeness (QED) is 0.913. The monoisotopic (exact) mass is 286 g/mol. The number of nitrogens with zero attached hydrogens (tertiary/aromatic N) is 3. The van der Waals surface area contributed by atoms with Crippen LogP contribution in [0.3, 0.4) is 0 Å². The van der Waals surface area contributed by atoms with Crippen molar-refractivity contribution in [2.24, 2.45) is 0 Å². The fourth-order valence-electron chi connectivity index (χ4n) is 2.87. The Morgan fingerprint density at radius 1 is 1.29 bits per heavy atom. The molecule has 1 aliphatic heterocycles. The van der Waals surface area contributed by atoms with Gasteiger partial charge >= 0.3 is 0 Å². The number of aryl methyl sites for hydroxylation is 1. The summed E-state index contributed by atoms with van der Waals surface area (Å²) < 4.78 is 5.81. The van der Waals surface area contributed by atoms with E-state index in [1.807, 2.05) is 19.2 Å². The molecule has 1 aromatic heterocycles. The van der Waals surface area contributed by atoms with E-state index in [4.69, 9.17) is 4.42 Å². The van der Waals surface area contributed by atoms with Crippen LogP contribution in [0.15, 0.2) is 28.7 Å². The van der Waals surface area contributed by atoms with Crippen LogP contribution >= 0.6 is 0 Å². The van der Waals surface area contributed by atoms with E-state index in [0.717, 1.165) is 25.2 Å². The van der Waals surface area contributed by atoms with Crippen LogP contribution in [0, 0.1) is 6.92 Å². The lowest BCUT2D eigenvalue weighted by molar-refractivity contribution is 0.220. The lowest BCUT2D eigenvalue weighted by Gasteiger charge is -2.22. The SMILES string of the molecule is CNCC1CCCN1Cc1nnc(-c2ccc(C)cc2)o1. The molecule has 0 amide bonds. The second kappa shape index (κ2) is 6.37. The number of rotatable bonds is 5. The van der Waals surface area contributed by atoms with Gasteiger partial charge in [-0.3, -0.25) is 4.90 Å². The van der Waals surface area contributed by atoms with Crippen LogP contribution in [0.4, 0.5) is 0 Å². The normalized spacial score (nSPS) is 19.2. The summed E-state index contributed by atoms with van der Waals surface area (Å²) in [5.74, 6) is 1.31. The molecule has 1 saturated heterocycles. The zero-order valence-corrected chi connectivity index (χ0v) is 12.7. The number of aromatic nitrogens is 2. The highest BCUT2D eigenvalue weighted by molar-refractivity contribution is 5.52. The highest BCUT2D eigenvalue weighted by Gasteiger charge is 2.25. The first kappa shape index (κ1) is 14.2. The maximum Gasteiger partial charge on any atom is 0.247 e. The van der Waals surface area contributed by atoms with Crippen molar-refractivity contribution < 1.29 is 4.42 Å². The standard InChI is InChI=1S/C16H22N4O/c1-12-5-7-13(8-6-12)16-19-18-15(21-16)11-20-9-3-4-14(20)10-17-2/h5-8,14,17H,3-4,9-11H2,1-2H3. The lowest BCUT2D eigenvalue weighted by Crippen LogP contribution is -2.36. The summed E-state index contributed by atoms with van der Waals surface area (Å²) in [5, 5.41) is 11.6. The zero-order valence-electron chi connectivity index (χ0n) is 12.7. The van der Waals surface area contributed by atoms with Crippen LogP contribution in [-0.4, -0.2) is 41.3 Å². The van der Waals surface area contributed by atoms with E-state index in [9.17, 15) is 0 Å². The Bertz CT molecular complexity index is 578. The molecule has 1 aromatic carbocycles. The minimum atomic E-state index is 0.574. The Morgan fingerprint density at radius 3 is 2.86 bits per heavy atom. The average Bonchev–Trinajstić information content (AvgIpc) is 3.11. The molecule has 3 rings (SSSR count). The van der Waals surface area contributed by atoms with Gasteiger partial charge in [-0.05, 0) is 45.5 Å². The second-order valence-corrected chi connectivity index (χ2v) is 5.69. The van der Waals surface area contributed by atoms with Crippen molar-refractivity contribution in [1.82, 2.24) is 20.4 Å². The third-order valence-corrected chi connectivity index (χ3v) is 4.04. The Kier molecular flexibility index (Phi) is 4.31. The molecule has 0 aliphatic carbocycles. The Morgan fingerprint density at radius 2 is 2.10 bits per heavy atom. The molecule has 0 bridgehead atoms. The van der Waals surface area contributed by atoms with Crippen molar-refractivity contribution >= 4 is 0 Å². The lowest BCUT2D eigenvalue weighted by atomic mass is 10.1. The van der Waals surface area contributed by atoms with E-state index >= 15 is 0 Å². The molecule has 1 N–H and O–H groups in total. The van der Waals surface area contributed by atoms with Gasteiger partial charge in [-0.2, -0.15) is 0 Å². The van der Waals surface area contributed by atoms with Gasteiger partial charge in [0.1, 0.15) is 0 Å². The van der Waals surface area contributed by atoms with E-state index in [-0.39, 0.29) is 0 Å². The second-order valence-electron chi connectivity index (χ2n) is 5.69. The van der Waals surface area contributed by atoms with Gasteiger partial charge in [0.25, 0.3) is 0 Å². The number of likely N-dealkylation sites (N-methyl/N-ethyl adjacent to an activating group) is 1. The number of hydrogen-bond acceptors (Lipinski definition) is 5. The van der Waals surface area contributed by atoms with Gasteiger partial charge in [-0.25, -0.2) is 0 Å². The Labute approximate surface area is 125 Å². The van der Waals surface area contributed by atoms with Crippen LogP contribution in [0.25, 0.3) is 11.5 Å². The summed E-state index contributed by atoms with van der Waals surface area (Å²) in [4.78, 5) is 2.42. The predicted octanol–water partition coefficient (Wildman–Crippen LogP) is 2.23. The first-order chi connectivity index (χ1) is 10.3. The van der Waals surface area contributed by atoms with Gasteiger partial charge in [-0.15, -0.1) is 10.2 Å².